The van der Waals surface area contributed by atoms with Gasteiger partial charge in [-0.05, 0) is 44.5 Å². The molecule has 16 heavy (non-hydrogen) atoms. The van der Waals surface area contributed by atoms with Gasteiger partial charge in [0.15, 0.2) is 0 Å². The molecule has 0 heterocycles. The minimum Gasteiger partial charge on any atom is -0.404 e. The van der Waals surface area contributed by atoms with Crippen molar-refractivity contribution in [2.24, 2.45) is 17.4 Å². The van der Waals surface area contributed by atoms with Crippen LogP contribution in [0.4, 0.5) is 0 Å². The summed E-state index contributed by atoms with van der Waals surface area (Å²) in [5, 5.41) is 0. The summed E-state index contributed by atoms with van der Waals surface area (Å²) in [4.78, 5) is 0. The molecule has 0 saturated heterocycles. The summed E-state index contributed by atoms with van der Waals surface area (Å²) in [5.74, 6) is 0.727. The molecule has 0 aliphatic carbocycles. The lowest BCUT2D eigenvalue weighted by atomic mass is 10.1. The van der Waals surface area contributed by atoms with Crippen LogP contribution >= 0.6 is 0 Å². The average molecular weight is 228 g/mol. The van der Waals surface area contributed by atoms with Crippen LogP contribution in [0.2, 0.25) is 0 Å². The predicted molar refractivity (Wildman–Crippen MR) is 77.2 cm³/mol. The van der Waals surface area contributed by atoms with E-state index in [9.17, 15) is 0 Å². The van der Waals surface area contributed by atoms with Crippen molar-refractivity contribution in [3.05, 3.63) is 23.9 Å². The van der Waals surface area contributed by atoms with Gasteiger partial charge in [-0.3, -0.25) is 0 Å². The number of hydrogen-bond donors (Lipinski definition) is 2. The Bertz CT molecular complexity index is 160. The fraction of sp³-hybridized carbons (Fsp3) is 0.714. The average Bonchev–Trinajstić information content (AvgIpc) is 2.33. The molecule has 0 aromatic carbocycles. The molecule has 1 atom stereocenters. The van der Waals surface area contributed by atoms with E-state index in [2.05, 4.69) is 13.8 Å². The first-order valence-electron chi connectivity index (χ1n) is 6.33. The molecule has 98 valence electrons. The number of hydrogen-bond acceptors (Lipinski definition) is 2. The predicted octanol–water partition coefficient (Wildman–Crippen LogP) is 3.83. The first kappa shape index (κ1) is 20.6. The van der Waals surface area contributed by atoms with E-state index in [0.29, 0.717) is 0 Å². The van der Waals surface area contributed by atoms with Crippen LogP contribution in [0.1, 0.15) is 54.4 Å². The van der Waals surface area contributed by atoms with Gasteiger partial charge in [0.2, 0.25) is 0 Å². The van der Waals surface area contributed by atoms with Gasteiger partial charge in [-0.2, -0.15) is 0 Å². The lowest BCUT2D eigenvalue weighted by Crippen LogP contribution is -2.09. The zero-order valence-electron chi connectivity index (χ0n) is 12.1. The Morgan fingerprint density at radius 1 is 1.31 bits per heavy atom. The smallest absolute Gasteiger partial charge is 0.00327 e. The van der Waals surface area contributed by atoms with Crippen LogP contribution in [0.15, 0.2) is 23.9 Å². The van der Waals surface area contributed by atoms with Crippen molar-refractivity contribution in [1.29, 1.82) is 0 Å². The molecule has 0 bridgehead atoms. The summed E-state index contributed by atoms with van der Waals surface area (Å²) in [5.41, 5.74) is 11.6. The number of rotatable bonds is 4. The van der Waals surface area contributed by atoms with Crippen molar-refractivity contribution in [3.8, 4) is 0 Å². The Balaban J connectivity index is -0.000000183. The van der Waals surface area contributed by atoms with Crippen molar-refractivity contribution >= 4 is 0 Å². The van der Waals surface area contributed by atoms with Gasteiger partial charge in [0.1, 0.15) is 0 Å². The molecule has 0 aromatic rings. The first-order valence-corrected chi connectivity index (χ1v) is 6.33. The van der Waals surface area contributed by atoms with E-state index in [4.69, 9.17) is 11.5 Å². The highest BCUT2D eigenvalue weighted by atomic mass is 14.5. The van der Waals surface area contributed by atoms with E-state index >= 15 is 0 Å². The van der Waals surface area contributed by atoms with Gasteiger partial charge >= 0.3 is 0 Å². The molecule has 1 unspecified atom stereocenters. The summed E-state index contributed by atoms with van der Waals surface area (Å²) in [6, 6.07) is 0. The summed E-state index contributed by atoms with van der Waals surface area (Å²) < 4.78 is 0. The highest BCUT2D eigenvalue weighted by Crippen LogP contribution is 2.00. The summed E-state index contributed by atoms with van der Waals surface area (Å²) in [7, 11) is 0. The monoisotopic (exact) mass is 228 g/mol. The zero-order chi connectivity index (χ0) is 13.4. The Hall–Kier alpha value is -0.760. The molecule has 0 fully saturated rings. The van der Waals surface area contributed by atoms with Crippen LogP contribution in [0, 0.1) is 5.92 Å². The van der Waals surface area contributed by atoms with E-state index in [1.54, 1.807) is 6.20 Å². The Labute approximate surface area is 103 Å². The van der Waals surface area contributed by atoms with Crippen LogP contribution in [0.3, 0.4) is 0 Å². The highest BCUT2D eigenvalue weighted by Gasteiger charge is 1.92. The van der Waals surface area contributed by atoms with Gasteiger partial charge < -0.3 is 11.5 Å². The third-order valence-corrected chi connectivity index (χ3v) is 1.88. The van der Waals surface area contributed by atoms with Crippen molar-refractivity contribution in [1.82, 2.24) is 0 Å². The molecule has 2 nitrogen and oxygen atoms in total. The summed E-state index contributed by atoms with van der Waals surface area (Å²) in [6.45, 7) is 13.1. The molecule has 4 N–H and O–H groups in total. The maximum atomic E-state index is 5.36. The number of allylic oxidation sites excluding steroid dienone is 3. The van der Waals surface area contributed by atoms with E-state index < -0.39 is 0 Å². The van der Waals surface area contributed by atoms with E-state index in [-0.39, 0.29) is 0 Å². The third-order valence-electron chi connectivity index (χ3n) is 1.88. The maximum absolute atomic E-state index is 5.36. The topological polar surface area (TPSA) is 52.0 Å². The van der Waals surface area contributed by atoms with Crippen LogP contribution in [-0.4, -0.2) is 6.54 Å². The normalized spacial score (nSPS) is 12.3. The fourth-order valence-corrected chi connectivity index (χ4v) is 0.929. The molecule has 0 amide bonds. The fourth-order valence-electron chi connectivity index (χ4n) is 0.929. The van der Waals surface area contributed by atoms with Gasteiger partial charge in [0.25, 0.3) is 0 Å². The largest absolute Gasteiger partial charge is 0.404 e. The minimum atomic E-state index is 0.727. The van der Waals surface area contributed by atoms with Crippen molar-refractivity contribution in [2.75, 3.05) is 6.54 Å². The molecule has 0 aliphatic rings. The quantitative estimate of drug-likeness (QED) is 0.718. The van der Waals surface area contributed by atoms with Gasteiger partial charge in [-0.1, -0.05) is 46.3 Å². The molecule has 0 radical (unpaired) electrons. The molecular weight excluding hydrogens is 196 g/mol. The van der Waals surface area contributed by atoms with Crippen LogP contribution in [0.25, 0.3) is 0 Å². The van der Waals surface area contributed by atoms with Gasteiger partial charge in [-0.25, -0.2) is 0 Å². The Kier molecular flexibility index (Phi) is 25.5. The van der Waals surface area contributed by atoms with E-state index in [1.165, 1.54) is 12.8 Å². The van der Waals surface area contributed by atoms with Crippen molar-refractivity contribution < 1.29 is 0 Å². The van der Waals surface area contributed by atoms with Crippen molar-refractivity contribution in [3.63, 3.8) is 0 Å². The van der Waals surface area contributed by atoms with Gasteiger partial charge in [0, 0.05) is 0 Å². The second kappa shape index (κ2) is 19.8. The van der Waals surface area contributed by atoms with Crippen LogP contribution < -0.4 is 11.5 Å². The van der Waals surface area contributed by atoms with Crippen LogP contribution in [0.5, 0.6) is 0 Å². The molecule has 0 aliphatic heterocycles. The van der Waals surface area contributed by atoms with E-state index in [1.807, 2.05) is 39.8 Å². The molecule has 0 spiro atoms. The first-order chi connectivity index (χ1) is 7.62. The standard InChI is InChI=1S/C6H15N.C6H11N.C2H6/c2*1-3-4-6(2)5-7;1-2/h6H,3-5,7H2,1-2H3;3-5H,7H2,1-2H3;1-2H3/b;4-3-,6-5-;. The van der Waals surface area contributed by atoms with Gasteiger partial charge in [0.05, 0.1) is 0 Å². The summed E-state index contributed by atoms with van der Waals surface area (Å²) in [6.07, 6.45) is 8.04. The second-order valence-electron chi connectivity index (χ2n) is 3.54. The van der Waals surface area contributed by atoms with Crippen molar-refractivity contribution in [2.45, 2.75) is 54.4 Å². The zero-order valence-corrected chi connectivity index (χ0v) is 12.1. The lowest BCUT2D eigenvalue weighted by Gasteiger charge is -2.02. The SMILES string of the molecule is C/C=C\C(C)=C/N.CC.CCCC(C)CN. The van der Waals surface area contributed by atoms with Gasteiger partial charge in [-0.15, -0.1) is 0 Å². The molecule has 0 aromatic heterocycles. The Morgan fingerprint density at radius 2 is 1.81 bits per heavy atom. The second-order valence-corrected chi connectivity index (χ2v) is 3.54. The third kappa shape index (κ3) is 23.2. The molecule has 2 heteroatoms. The van der Waals surface area contributed by atoms with Crippen LogP contribution in [-0.2, 0) is 0 Å². The lowest BCUT2D eigenvalue weighted by molar-refractivity contribution is 0.536. The molecule has 0 rings (SSSR count). The highest BCUT2D eigenvalue weighted by molar-refractivity contribution is 5.13. The number of nitrogens with two attached hydrogens (primary N) is 2. The Morgan fingerprint density at radius 3 is 1.94 bits per heavy atom. The van der Waals surface area contributed by atoms with E-state index in [0.717, 1.165) is 18.0 Å². The molecule has 0 saturated carbocycles. The minimum absolute atomic E-state index is 0.727. The molecular formula is C14H32N2. The summed E-state index contributed by atoms with van der Waals surface area (Å²) >= 11 is 0. The maximum Gasteiger partial charge on any atom is -0.00327 e.